The zero-order valence-electron chi connectivity index (χ0n) is 17.3. The second-order valence-electron chi connectivity index (χ2n) is 6.81. The van der Waals surface area contributed by atoms with Gasteiger partial charge in [-0.1, -0.05) is 53.4 Å². The summed E-state index contributed by atoms with van der Waals surface area (Å²) in [5, 5.41) is 16.4. The number of benzene rings is 2. The van der Waals surface area contributed by atoms with Gasteiger partial charge in [-0.3, -0.25) is 0 Å². The molecule has 4 rings (SSSR count). The number of fused-ring (bicyclic) bond motifs is 1. The summed E-state index contributed by atoms with van der Waals surface area (Å²) in [4.78, 5) is 13.6. The van der Waals surface area contributed by atoms with Gasteiger partial charge >= 0.3 is 0 Å². The van der Waals surface area contributed by atoms with E-state index < -0.39 is 0 Å². The number of thiazole rings is 1. The largest absolute Gasteiger partial charge is 0.457 e. The number of aliphatic hydroxyl groups is 1. The minimum Gasteiger partial charge on any atom is -0.457 e. The van der Waals surface area contributed by atoms with Gasteiger partial charge in [-0.05, 0) is 29.8 Å². The average Bonchev–Trinajstić information content (AvgIpc) is 3.19. The molecule has 166 valence electrons. The lowest BCUT2D eigenvalue weighted by Gasteiger charge is -2.09. The van der Waals surface area contributed by atoms with E-state index in [1.54, 1.807) is 0 Å². The highest BCUT2D eigenvalue weighted by Gasteiger charge is 2.13. The molecule has 0 atom stereocenters. The summed E-state index contributed by atoms with van der Waals surface area (Å²) in [7, 11) is 0. The number of rotatable bonds is 11. The average molecular weight is 469 g/mol. The summed E-state index contributed by atoms with van der Waals surface area (Å²) in [6, 6.07) is 17.7. The number of hydrogen-bond donors (Lipinski definition) is 4. The Labute approximate surface area is 194 Å². The molecule has 0 aliphatic carbocycles. The number of nitrogens with zero attached hydrogens (tertiary/aromatic N) is 3. The van der Waals surface area contributed by atoms with E-state index in [1.165, 1.54) is 23.1 Å². The zero-order chi connectivity index (χ0) is 22.2. The van der Waals surface area contributed by atoms with Crippen molar-refractivity contribution in [2.24, 2.45) is 0 Å². The molecular formula is C22H24N6O2S2. The maximum atomic E-state index is 8.87. The molecule has 10 heteroatoms. The minimum absolute atomic E-state index is 0.113. The third kappa shape index (κ3) is 6.07. The summed E-state index contributed by atoms with van der Waals surface area (Å²) >= 11 is 2.90. The van der Waals surface area contributed by atoms with E-state index in [9.17, 15) is 0 Å². The molecule has 2 aromatic carbocycles. The zero-order valence-corrected chi connectivity index (χ0v) is 19.0. The van der Waals surface area contributed by atoms with Gasteiger partial charge in [0.2, 0.25) is 0 Å². The minimum atomic E-state index is 0.113. The Kier molecular flexibility index (Phi) is 7.73. The van der Waals surface area contributed by atoms with E-state index in [-0.39, 0.29) is 6.61 Å². The number of ether oxygens (including phenoxy) is 1. The van der Waals surface area contributed by atoms with Gasteiger partial charge in [0.25, 0.3) is 0 Å². The van der Waals surface area contributed by atoms with Crippen LogP contribution in [0.1, 0.15) is 5.56 Å². The smallest absolute Gasteiger partial charge is 0.191 e. The standard InChI is InChI=1S/C22H24N6O2S2/c23-21-26-20-18(32-21)19(25-10-9-24-11-12-29)27-22(28-20)31-14-15-5-4-8-17(13-15)30-16-6-2-1-3-7-16/h1-8,13,24,29H,9-12,14H2,(H3,23,25,26,27,28). The van der Waals surface area contributed by atoms with Crippen molar-refractivity contribution in [3.05, 3.63) is 60.2 Å². The molecule has 5 N–H and O–H groups in total. The molecule has 0 bridgehead atoms. The lowest BCUT2D eigenvalue weighted by atomic mass is 10.2. The van der Waals surface area contributed by atoms with Crippen LogP contribution in [0.5, 0.6) is 11.5 Å². The first kappa shape index (κ1) is 22.3. The lowest BCUT2D eigenvalue weighted by molar-refractivity contribution is 0.293. The van der Waals surface area contributed by atoms with Gasteiger partial charge in [-0.25, -0.2) is 15.0 Å². The Morgan fingerprint density at radius 3 is 2.66 bits per heavy atom. The first-order chi connectivity index (χ1) is 15.7. The third-order valence-electron chi connectivity index (χ3n) is 4.38. The normalized spacial score (nSPS) is 11.0. The van der Waals surface area contributed by atoms with Crippen molar-refractivity contribution in [3.63, 3.8) is 0 Å². The summed E-state index contributed by atoms with van der Waals surface area (Å²) in [6.07, 6.45) is 0. The molecule has 0 spiro atoms. The molecule has 0 radical (unpaired) electrons. The molecule has 8 nitrogen and oxygen atoms in total. The fraction of sp³-hybridized carbons (Fsp3) is 0.227. The van der Waals surface area contributed by atoms with Crippen molar-refractivity contribution in [1.82, 2.24) is 20.3 Å². The van der Waals surface area contributed by atoms with E-state index in [4.69, 9.17) is 15.6 Å². The predicted octanol–water partition coefficient (Wildman–Crippen LogP) is 3.75. The summed E-state index contributed by atoms with van der Waals surface area (Å²) < 4.78 is 6.77. The van der Waals surface area contributed by atoms with Gasteiger partial charge in [0, 0.05) is 25.4 Å². The monoisotopic (exact) mass is 468 g/mol. The predicted molar refractivity (Wildman–Crippen MR) is 131 cm³/mol. The maximum Gasteiger partial charge on any atom is 0.191 e. The van der Waals surface area contributed by atoms with E-state index >= 15 is 0 Å². The van der Waals surface area contributed by atoms with Crippen molar-refractivity contribution in [3.8, 4) is 11.5 Å². The van der Waals surface area contributed by atoms with Crippen LogP contribution < -0.4 is 21.1 Å². The SMILES string of the molecule is Nc1nc2nc(SCc3cccc(Oc4ccccc4)c3)nc(NCCNCCO)c2s1. The van der Waals surface area contributed by atoms with Crippen molar-refractivity contribution < 1.29 is 9.84 Å². The van der Waals surface area contributed by atoms with Gasteiger partial charge in [0.1, 0.15) is 16.2 Å². The van der Waals surface area contributed by atoms with Crippen LogP contribution in [0.25, 0.3) is 10.3 Å². The molecule has 0 unspecified atom stereocenters. The number of nitrogen functional groups attached to an aromatic ring is 1. The third-order valence-corrected chi connectivity index (χ3v) is 6.18. The molecule has 2 aromatic heterocycles. The van der Waals surface area contributed by atoms with Crippen molar-refractivity contribution in [1.29, 1.82) is 0 Å². The number of nitrogens with two attached hydrogens (primary N) is 1. The highest BCUT2D eigenvalue weighted by molar-refractivity contribution is 7.98. The number of aromatic nitrogens is 3. The molecule has 2 heterocycles. The molecule has 32 heavy (non-hydrogen) atoms. The van der Waals surface area contributed by atoms with Gasteiger partial charge in [0.15, 0.2) is 21.8 Å². The summed E-state index contributed by atoms with van der Waals surface area (Å²) in [5.74, 6) is 3.00. The molecule has 0 saturated carbocycles. The topological polar surface area (TPSA) is 118 Å². The van der Waals surface area contributed by atoms with Crippen LogP contribution in [0.2, 0.25) is 0 Å². The summed E-state index contributed by atoms with van der Waals surface area (Å²) in [6.45, 7) is 2.04. The molecule has 0 aliphatic rings. The Bertz CT molecular complexity index is 1160. The molecular weight excluding hydrogens is 444 g/mol. The van der Waals surface area contributed by atoms with Crippen LogP contribution in [0.15, 0.2) is 59.8 Å². The van der Waals surface area contributed by atoms with E-state index in [1.807, 2.05) is 48.5 Å². The molecule has 0 saturated heterocycles. The van der Waals surface area contributed by atoms with Crippen molar-refractivity contribution in [2.75, 3.05) is 37.3 Å². The van der Waals surface area contributed by atoms with E-state index in [0.717, 1.165) is 27.6 Å². The van der Waals surface area contributed by atoms with Crippen LogP contribution in [0.4, 0.5) is 10.9 Å². The number of anilines is 2. The van der Waals surface area contributed by atoms with Crippen LogP contribution in [-0.2, 0) is 5.75 Å². The van der Waals surface area contributed by atoms with Crippen LogP contribution in [0, 0.1) is 0 Å². The fourth-order valence-corrected chi connectivity index (χ4v) is 4.47. The maximum absolute atomic E-state index is 8.87. The lowest BCUT2D eigenvalue weighted by Crippen LogP contribution is -2.25. The quantitative estimate of drug-likeness (QED) is 0.148. The van der Waals surface area contributed by atoms with Crippen LogP contribution in [0.3, 0.4) is 0 Å². The Morgan fingerprint density at radius 1 is 0.969 bits per heavy atom. The number of thioether (sulfide) groups is 1. The summed E-state index contributed by atoms with van der Waals surface area (Å²) in [5.41, 5.74) is 7.60. The molecule has 0 amide bonds. The highest BCUT2D eigenvalue weighted by Crippen LogP contribution is 2.32. The van der Waals surface area contributed by atoms with Crippen molar-refractivity contribution in [2.45, 2.75) is 10.9 Å². The number of para-hydroxylation sites is 1. The van der Waals surface area contributed by atoms with Crippen LogP contribution >= 0.6 is 23.1 Å². The number of hydrogen-bond acceptors (Lipinski definition) is 10. The first-order valence-corrected chi connectivity index (χ1v) is 12.0. The van der Waals surface area contributed by atoms with Gasteiger partial charge in [0.05, 0.1) is 6.61 Å². The van der Waals surface area contributed by atoms with Gasteiger partial charge in [-0.15, -0.1) is 0 Å². The number of aliphatic hydroxyl groups excluding tert-OH is 1. The number of nitrogens with one attached hydrogen (secondary N) is 2. The molecule has 0 fully saturated rings. The second kappa shape index (κ2) is 11.1. The Hall–Kier alpha value is -2.92. The second-order valence-corrected chi connectivity index (χ2v) is 8.78. The highest BCUT2D eigenvalue weighted by atomic mass is 32.2. The molecule has 4 aromatic rings. The van der Waals surface area contributed by atoms with Crippen molar-refractivity contribution >= 4 is 44.4 Å². The Balaban J connectivity index is 1.44. The van der Waals surface area contributed by atoms with Gasteiger partial charge < -0.3 is 26.2 Å². The molecule has 0 aliphatic heterocycles. The Morgan fingerprint density at radius 2 is 1.81 bits per heavy atom. The van der Waals surface area contributed by atoms with E-state index in [0.29, 0.717) is 41.3 Å². The van der Waals surface area contributed by atoms with E-state index in [2.05, 4.69) is 31.7 Å². The first-order valence-electron chi connectivity index (χ1n) is 10.2. The van der Waals surface area contributed by atoms with Gasteiger partial charge in [-0.2, -0.15) is 0 Å². The fourth-order valence-electron chi connectivity index (χ4n) is 2.95. The van der Waals surface area contributed by atoms with Crippen LogP contribution in [-0.4, -0.2) is 46.3 Å².